The first-order valence-electron chi connectivity index (χ1n) is 6.81. The van der Waals surface area contributed by atoms with E-state index in [0.29, 0.717) is 13.0 Å². The predicted molar refractivity (Wildman–Crippen MR) is 74.1 cm³/mol. The van der Waals surface area contributed by atoms with Crippen molar-refractivity contribution in [1.29, 1.82) is 0 Å². The minimum atomic E-state index is -5.00. The number of benzene rings is 1. The maximum Gasteiger partial charge on any atom is 0.573 e. The van der Waals surface area contributed by atoms with Gasteiger partial charge >= 0.3 is 6.36 Å². The van der Waals surface area contributed by atoms with Crippen LogP contribution in [0.25, 0.3) is 0 Å². The van der Waals surface area contributed by atoms with Crippen LogP contribution in [0.1, 0.15) is 19.3 Å². The number of rotatable bonds is 4. The van der Waals surface area contributed by atoms with Gasteiger partial charge in [-0.2, -0.15) is 0 Å². The molecule has 1 atom stereocenters. The summed E-state index contributed by atoms with van der Waals surface area (Å²) in [7, 11) is -4.21. The van der Waals surface area contributed by atoms with Gasteiger partial charge in [0.1, 0.15) is 10.6 Å². The lowest BCUT2D eigenvalue weighted by Gasteiger charge is -2.18. The Morgan fingerprint density at radius 3 is 2.61 bits per heavy atom. The van der Waals surface area contributed by atoms with Gasteiger partial charge in [0, 0.05) is 19.0 Å². The molecule has 1 amide bonds. The molecule has 6 nitrogen and oxygen atoms in total. The Labute approximate surface area is 131 Å². The first-order chi connectivity index (χ1) is 10.7. The molecule has 1 fully saturated rings. The van der Waals surface area contributed by atoms with E-state index in [4.69, 9.17) is 0 Å². The second-order valence-corrected chi connectivity index (χ2v) is 6.67. The molecule has 1 saturated heterocycles. The van der Waals surface area contributed by atoms with Crippen LogP contribution in [-0.2, 0) is 14.8 Å². The highest BCUT2D eigenvalue weighted by molar-refractivity contribution is 7.89. The molecule has 128 valence electrons. The maximum atomic E-state index is 12.4. The van der Waals surface area contributed by atoms with E-state index < -0.39 is 33.1 Å². The van der Waals surface area contributed by atoms with Gasteiger partial charge in [-0.3, -0.25) is 4.79 Å². The van der Waals surface area contributed by atoms with Crippen LogP contribution < -0.4 is 14.8 Å². The third-order valence-electron chi connectivity index (χ3n) is 3.22. The van der Waals surface area contributed by atoms with E-state index in [2.05, 4.69) is 14.8 Å². The number of amides is 1. The Hall–Kier alpha value is -1.81. The molecule has 1 aromatic rings. The first-order valence-corrected chi connectivity index (χ1v) is 8.29. The standard InChI is InChI=1S/C13H15F3N2O4S/c14-13(15,16)22-10-3-1-2-4-11(10)23(20,21)18-9-5-6-12(19)17-8-7-9/h1-4,9,18H,5-8H2,(H,17,19). The Balaban J connectivity index is 2.21. The van der Waals surface area contributed by atoms with E-state index in [1.54, 1.807) is 0 Å². The monoisotopic (exact) mass is 352 g/mol. The maximum absolute atomic E-state index is 12.4. The summed E-state index contributed by atoms with van der Waals surface area (Å²) in [5, 5.41) is 2.60. The molecule has 2 N–H and O–H groups in total. The number of carbonyl (C=O) groups is 1. The van der Waals surface area contributed by atoms with Crippen molar-refractivity contribution >= 4 is 15.9 Å². The van der Waals surface area contributed by atoms with Crippen molar-refractivity contribution in [3.05, 3.63) is 24.3 Å². The van der Waals surface area contributed by atoms with E-state index in [9.17, 15) is 26.4 Å². The molecular formula is C13H15F3N2O4S. The minimum absolute atomic E-state index is 0.147. The Morgan fingerprint density at radius 1 is 1.22 bits per heavy atom. The highest BCUT2D eigenvalue weighted by Crippen LogP contribution is 2.29. The molecule has 1 aromatic carbocycles. The molecule has 1 aliphatic rings. The number of sulfonamides is 1. The van der Waals surface area contributed by atoms with Crippen LogP contribution in [-0.4, -0.2) is 33.3 Å². The molecule has 0 saturated carbocycles. The quantitative estimate of drug-likeness (QED) is 0.861. The van der Waals surface area contributed by atoms with Crippen molar-refractivity contribution in [3.8, 4) is 5.75 Å². The summed E-state index contributed by atoms with van der Waals surface area (Å²) in [5.41, 5.74) is 0. The molecule has 1 heterocycles. The molecule has 0 aromatic heterocycles. The number of hydrogen-bond acceptors (Lipinski definition) is 4. The van der Waals surface area contributed by atoms with Gasteiger partial charge in [0.2, 0.25) is 15.9 Å². The second-order valence-electron chi connectivity index (χ2n) is 4.99. The van der Waals surface area contributed by atoms with Crippen LogP contribution in [0, 0.1) is 0 Å². The molecule has 10 heteroatoms. The summed E-state index contributed by atoms with van der Waals surface area (Å²) >= 11 is 0. The number of alkyl halides is 3. The van der Waals surface area contributed by atoms with Crippen LogP contribution >= 0.6 is 0 Å². The molecular weight excluding hydrogens is 337 g/mol. The summed E-state index contributed by atoms with van der Waals surface area (Å²) < 4.78 is 67.9. The molecule has 1 aliphatic heterocycles. The number of nitrogens with one attached hydrogen (secondary N) is 2. The Kier molecular flexibility index (Phi) is 5.15. The number of halogens is 3. The zero-order chi connectivity index (χ0) is 17.1. The zero-order valence-corrected chi connectivity index (χ0v) is 12.7. The highest BCUT2D eigenvalue weighted by atomic mass is 32.2. The van der Waals surface area contributed by atoms with E-state index in [0.717, 1.165) is 12.1 Å². The SMILES string of the molecule is O=C1CCC(NS(=O)(=O)c2ccccc2OC(F)(F)F)CCN1. The first kappa shape index (κ1) is 17.5. The molecule has 2 rings (SSSR count). The van der Waals surface area contributed by atoms with Gasteiger partial charge < -0.3 is 10.1 Å². The molecule has 0 aliphatic carbocycles. The molecule has 23 heavy (non-hydrogen) atoms. The highest BCUT2D eigenvalue weighted by Gasteiger charge is 2.34. The summed E-state index contributed by atoms with van der Waals surface area (Å²) in [6.07, 6.45) is -4.22. The van der Waals surface area contributed by atoms with Crippen LogP contribution in [0.3, 0.4) is 0 Å². The van der Waals surface area contributed by atoms with Crippen molar-refractivity contribution in [1.82, 2.24) is 10.0 Å². The normalized spacial score (nSPS) is 19.8. The van der Waals surface area contributed by atoms with E-state index in [-0.39, 0.29) is 18.7 Å². The lowest BCUT2D eigenvalue weighted by molar-refractivity contribution is -0.275. The zero-order valence-electron chi connectivity index (χ0n) is 11.9. The lowest BCUT2D eigenvalue weighted by Crippen LogP contribution is -2.35. The smallest absolute Gasteiger partial charge is 0.404 e. The summed E-state index contributed by atoms with van der Waals surface area (Å²) in [6, 6.07) is 3.96. The van der Waals surface area contributed by atoms with Gasteiger partial charge in [0.05, 0.1) is 0 Å². The fraction of sp³-hybridized carbons (Fsp3) is 0.462. The Bertz CT molecular complexity index is 676. The number of para-hydroxylation sites is 1. The van der Waals surface area contributed by atoms with Crippen LogP contribution in [0.5, 0.6) is 5.75 Å². The summed E-state index contributed by atoms with van der Waals surface area (Å²) in [6.45, 7) is 0.298. The van der Waals surface area contributed by atoms with Crippen molar-refractivity contribution in [2.45, 2.75) is 36.6 Å². The topological polar surface area (TPSA) is 84.5 Å². The number of hydrogen-bond donors (Lipinski definition) is 2. The predicted octanol–water partition coefficient (Wildman–Crippen LogP) is 1.53. The second kappa shape index (κ2) is 6.75. The van der Waals surface area contributed by atoms with Crippen molar-refractivity contribution in [2.75, 3.05) is 6.54 Å². The van der Waals surface area contributed by atoms with Crippen LogP contribution in [0.4, 0.5) is 13.2 Å². The largest absolute Gasteiger partial charge is 0.573 e. The average molecular weight is 352 g/mol. The van der Waals surface area contributed by atoms with Gasteiger partial charge in [-0.1, -0.05) is 12.1 Å². The fourth-order valence-electron chi connectivity index (χ4n) is 2.21. The van der Waals surface area contributed by atoms with Gasteiger partial charge in [0.25, 0.3) is 0 Å². The number of carbonyl (C=O) groups excluding carboxylic acids is 1. The minimum Gasteiger partial charge on any atom is -0.404 e. The van der Waals surface area contributed by atoms with E-state index in [1.807, 2.05) is 0 Å². The van der Waals surface area contributed by atoms with Crippen LogP contribution in [0.2, 0.25) is 0 Å². The third-order valence-corrected chi connectivity index (χ3v) is 4.78. The third kappa shape index (κ3) is 5.10. The number of ether oxygens (including phenoxy) is 1. The summed E-state index contributed by atoms with van der Waals surface area (Å²) in [4.78, 5) is 10.6. The van der Waals surface area contributed by atoms with Crippen LogP contribution in [0.15, 0.2) is 29.2 Å². The van der Waals surface area contributed by atoms with E-state index in [1.165, 1.54) is 12.1 Å². The average Bonchev–Trinajstić information content (AvgIpc) is 2.62. The van der Waals surface area contributed by atoms with Crippen molar-refractivity contribution in [3.63, 3.8) is 0 Å². The van der Waals surface area contributed by atoms with Gasteiger partial charge in [-0.15, -0.1) is 13.2 Å². The molecule has 1 unspecified atom stereocenters. The van der Waals surface area contributed by atoms with Crippen molar-refractivity contribution in [2.24, 2.45) is 0 Å². The summed E-state index contributed by atoms with van der Waals surface area (Å²) in [5.74, 6) is -0.983. The van der Waals surface area contributed by atoms with Gasteiger partial charge in [0.15, 0.2) is 0 Å². The Morgan fingerprint density at radius 2 is 1.91 bits per heavy atom. The van der Waals surface area contributed by atoms with Crippen molar-refractivity contribution < 1.29 is 31.1 Å². The molecule has 0 bridgehead atoms. The van der Waals surface area contributed by atoms with E-state index >= 15 is 0 Å². The fourth-order valence-corrected chi connectivity index (χ4v) is 3.64. The van der Waals surface area contributed by atoms with Gasteiger partial charge in [-0.05, 0) is 25.0 Å². The van der Waals surface area contributed by atoms with Gasteiger partial charge in [-0.25, -0.2) is 13.1 Å². The lowest BCUT2D eigenvalue weighted by atomic mass is 10.1. The molecule has 0 radical (unpaired) electrons. The molecule has 0 spiro atoms.